The Hall–Kier alpha value is -1.75. The maximum atomic E-state index is 5.06. The highest BCUT2D eigenvalue weighted by molar-refractivity contribution is 5.61. The summed E-state index contributed by atoms with van der Waals surface area (Å²) in [4.78, 5) is 12.6. The molecule has 5 heteroatoms. The number of likely N-dealkylation sites (tertiary alicyclic amines) is 1. The molecule has 0 amide bonds. The van der Waals surface area contributed by atoms with E-state index in [1.807, 2.05) is 17.1 Å². The molecule has 1 saturated heterocycles. The van der Waals surface area contributed by atoms with Gasteiger partial charge in [-0.2, -0.15) is 5.10 Å². The number of piperidine rings is 1. The van der Waals surface area contributed by atoms with Crippen molar-refractivity contribution < 1.29 is 0 Å². The van der Waals surface area contributed by atoms with Crippen molar-refractivity contribution in [3.8, 4) is 11.3 Å². The van der Waals surface area contributed by atoms with E-state index in [0.29, 0.717) is 11.8 Å². The van der Waals surface area contributed by atoms with Crippen LogP contribution in [-0.2, 0) is 13.5 Å². The molecular formula is C28H43N5. The average molecular weight is 450 g/mol. The van der Waals surface area contributed by atoms with Gasteiger partial charge < -0.3 is 4.90 Å². The van der Waals surface area contributed by atoms with Crippen LogP contribution in [-0.4, -0.2) is 43.8 Å². The number of hydrogen-bond acceptors (Lipinski definition) is 4. The molecule has 3 fully saturated rings. The maximum absolute atomic E-state index is 5.06. The predicted molar refractivity (Wildman–Crippen MR) is 134 cm³/mol. The fraction of sp³-hybridized carbons (Fsp3) is 0.750. The van der Waals surface area contributed by atoms with Gasteiger partial charge in [0.15, 0.2) is 0 Å². The number of hydrogen-bond donors (Lipinski definition) is 0. The third-order valence-electron chi connectivity index (χ3n) is 8.88. The summed E-state index contributed by atoms with van der Waals surface area (Å²) in [5.74, 6) is 3.70. The zero-order valence-corrected chi connectivity index (χ0v) is 21.0. The predicted octanol–water partition coefficient (Wildman–Crippen LogP) is 6.00. The first-order valence-electron chi connectivity index (χ1n) is 13.7. The summed E-state index contributed by atoms with van der Waals surface area (Å²) in [6, 6.07) is 2.93. The summed E-state index contributed by atoms with van der Waals surface area (Å²) < 4.78 is 2.04. The van der Waals surface area contributed by atoms with E-state index in [4.69, 9.17) is 9.97 Å². The second-order valence-corrected chi connectivity index (χ2v) is 11.3. The second kappa shape index (κ2) is 10.2. The van der Waals surface area contributed by atoms with Crippen molar-refractivity contribution in [2.75, 3.05) is 13.1 Å². The molecule has 5 rings (SSSR count). The highest BCUT2D eigenvalue weighted by Crippen LogP contribution is 2.37. The Kier molecular flexibility index (Phi) is 7.15. The lowest BCUT2D eigenvalue weighted by Crippen LogP contribution is -2.41. The first-order valence-corrected chi connectivity index (χ1v) is 13.7. The van der Waals surface area contributed by atoms with Gasteiger partial charge in [0, 0.05) is 36.5 Å². The fourth-order valence-electron chi connectivity index (χ4n) is 6.27. The van der Waals surface area contributed by atoms with Crippen molar-refractivity contribution >= 4 is 0 Å². The van der Waals surface area contributed by atoms with Crippen LogP contribution in [0.15, 0.2) is 18.5 Å². The summed E-state index contributed by atoms with van der Waals surface area (Å²) in [6.45, 7) is 7.43. The van der Waals surface area contributed by atoms with Crippen molar-refractivity contribution in [2.45, 2.75) is 96.4 Å². The van der Waals surface area contributed by atoms with Crippen LogP contribution in [0.2, 0.25) is 0 Å². The van der Waals surface area contributed by atoms with E-state index in [2.05, 4.69) is 37.0 Å². The number of aryl methyl sites for hydroxylation is 1. The molecule has 5 nitrogen and oxygen atoms in total. The molecule has 33 heavy (non-hydrogen) atoms. The number of aromatic nitrogens is 4. The topological polar surface area (TPSA) is 46.8 Å². The van der Waals surface area contributed by atoms with Crippen molar-refractivity contribution in [3.63, 3.8) is 0 Å². The molecule has 1 unspecified atom stereocenters. The first-order chi connectivity index (χ1) is 16.1. The molecule has 2 aromatic heterocycles. The molecule has 0 bridgehead atoms. The normalized spacial score (nSPS) is 26.3. The molecule has 3 heterocycles. The maximum Gasteiger partial charge on any atom is 0.132 e. The van der Waals surface area contributed by atoms with Gasteiger partial charge in [0.25, 0.3) is 0 Å². The summed E-state index contributed by atoms with van der Waals surface area (Å²) in [5.41, 5.74) is 3.57. The molecule has 180 valence electrons. The van der Waals surface area contributed by atoms with E-state index >= 15 is 0 Å². The van der Waals surface area contributed by atoms with Gasteiger partial charge in [0.2, 0.25) is 0 Å². The van der Waals surface area contributed by atoms with Crippen molar-refractivity contribution in [3.05, 3.63) is 30.0 Å². The Morgan fingerprint density at radius 1 is 0.970 bits per heavy atom. The van der Waals surface area contributed by atoms with E-state index in [9.17, 15) is 0 Å². The van der Waals surface area contributed by atoms with Crippen molar-refractivity contribution in [2.24, 2.45) is 24.8 Å². The molecule has 0 N–H and O–H groups in total. The van der Waals surface area contributed by atoms with Gasteiger partial charge in [-0.25, -0.2) is 9.97 Å². The summed E-state index contributed by atoms with van der Waals surface area (Å²) in [5, 5.41) is 4.55. The number of nitrogens with zero attached hydrogens (tertiary/aromatic N) is 5. The summed E-state index contributed by atoms with van der Waals surface area (Å²) in [6.07, 6.45) is 19.0. The second-order valence-electron chi connectivity index (χ2n) is 11.3. The van der Waals surface area contributed by atoms with E-state index in [1.165, 1.54) is 88.6 Å². The minimum Gasteiger partial charge on any atom is -0.300 e. The lowest BCUT2D eigenvalue weighted by atomic mass is 9.77. The van der Waals surface area contributed by atoms with Crippen LogP contribution >= 0.6 is 0 Å². The third kappa shape index (κ3) is 5.50. The van der Waals surface area contributed by atoms with Crippen molar-refractivity contribution in [1.82, 2.24) is 24.6 Å². The zero-order chi connectivity index (χ0) is 22.8. The van der Waals surface area contributed by atoms with Crippen LogP contribution in [0, 0.1) is 17.8 Å². The molecule has 1 aliphatic heterocycles. The lowest BCUT2D eigenvalue weighted by molar-refractivity contribution is 0.108. The molecule has 0 radical (unpaired) electrons. The Bertz CT molecular complexity index is 903. The molecule has 2 aromatic rings. The molecule has 0 aromatic carbocycles. The van der Waals surface area contributed by atoms with Gasteiger partial charge in [-0.05, 0) is 101 Å². The van der Waals surface area contributed by atoms with Crippen LogP contribution in [0.1, 0.15) is 95.5 Å². The summed E-state index contributed by atoms with van der Waals surface area (Å²) in [7, 11) is 2.06. The highest BCUT2D eigenvalue weighted by atomic mass is 15.3. The van der Waals surface area contributed by atoms with E-state index in [0.717, 1.165) is 35.8 Å². The van der Waals surface area contributed by atoms with Gasteiger partial charge in [0.1, 0.15) is 5.82 Å². The smallest absolute Gasteiger partial charge is 0.132 e. The van der Waals surface area contributed by atoms with E-state index in [-0.39, 0.29) is 0 Å². The molecule has 0 spiro atoms. The zero-order valence-electron chi connectivity index (χ0n) is 21.0. The van der Waals surface area contributed by atoms with Crippen molar-refractivity contribution in [1.29, 1.82) is 0 Å². The lowest BCUT2D eigenvalue weighted by Gasteiger charge is -2.39. The minimum absolute atomic E-state index is 0.383. The van der Waals surface area contributed by atoms with Gasteiger partial charge >= 0.3 is 0 Å². The minimum atomic E-state index is 0.383. The molecule has 2 saturated carbocycles. The Balaban J connectivity index is 1.19. The van der Waals surface area contributed by atoms with Crippen LogP contribution in [0.3, 0.4) is 0 Å². The molecule has 3 aliphatic rings. The van der Waals surface area contributed by atoms with E-state index in [1.54, 1.807) is 0 Å². The molecule has 2 atom stereocenters. The Labute approximate surface area is 200 Å². The van der Waals surface area contributed by atoms with Crippen LogP contribution < -0.4 is 0 Å². The van der Waals surface area contributed by atoms with Gasteiger partial charge in [-0.3, -0.25) is 4.68 Å². The summed E-state index contributed by atoms with van der Waals surface area (Å²) >= 11 is 0. The monoisotopic (exact) mass is 449 g/mol. The largest absolute Gasteiger partial charge is 0.300 e. The quantitative estimate of drug-likeness (QED) is 0.495. The van der Waals surface area contributed by atoms with Gasteiger partial charge in [0.05, 0.1) is 11.9 Å². The van der Waals surface area contributed by atoms with E-state index < -0.39 is 0 Å². The number of rotatable bonds is 8. The Morgan fingerprint density at radius 2 is 1.70 bits per heavy atom. The average Bonchev–Trinajstić information content (AvgIpc) is 3.61. The third-order valence-corrected chi connectivity index (χ3v) is 8.88. The SMILES string of the molecule is CC(c1nccc(-c2cnn(C)c2CC2CC2)n1)[C@H](C)C[C@H]1CC[C@H](N2CCCCC2)CC1. The van der Waals surface area contributed by atoms with Gasteiger partial charge in [-0.1, -0.05) is 20.3 Å². The van der Waals surface area contributed by atoms with Crippen LogP contribution in [0.4, 0.5) is 0 Å². The Morgan fingerprint density at radius 3 is 2.42 bits per heavy atom. The molecular weight excluding hydrogens is 406 g/mol. The van der Waals surface area contributed by atoms with Crippen LogP contribution in [0.5, 0.6) is 0 Å². The standard InChI is InChI=1S/C28H43N5/c1-20(17-22-9-11-24(12-10-22)33-15-5-4-6-16-33)21(2)28-29-14-13-26(31-28)25-19-30-32(3)27(25)18-23-7-8-23/h13-14,19-24H,4-12,15-18H2,1-3H3/t20-,21?,22-,24-/m1/s1. The highest BCUT2D eigenvalue weighted by Gasteiger charge is 2.29. The first kappa shape index (κ1) is 23.0. The van der Waals surface area contributed by atoms with Crippen LogP contribution in [0.25, 0.3) is 11.3 Å². The fourth-order valence-corrected chi connectivity index (χ4v) is 6.27. The molecule has 2 aliphatic carbocycles. The van der Waals surface area contributed by atoms with Gasteiger partial charge in [-0.15, -0.1) is 0 Å².